The molecule has 98 valence electrons. The Morgan fingerprint density at radius 1 is 1.10 bits per heavy atom. The number of benzene rings is 2. The van der Waals surface area contributed by atoms with E-state index in [0.717, 1.165) is 17.3 Å². The molecule has 0 unspecified atom stereocenters. The van der Waals surface area contributed by atoms with E-state index in [4.69, 9.17) is 10.3 Å². The smallest absolute Gasteiger partial charge is 0.326 e. The lowest BCUT2D eigenvalue weighted by molar-refractivity contribution is -0.121. The minimum absolute atomic E-state index is 0.350. The molecule has 3 rings (SSSR count). The maximum absolute atomic E-state index is 12.3. The Morgan fingerprint density at radius 3 is 2.30 bits per heavy atom. The first-order chi connectivity index (χ1) is 9.79. The first kappa shape index (κ1) is 12.5. The lowest BCUT2D eigenvalue weighted by atomic mass is 9.88. The normalized spacial score (nSPS) is 23.7. The topological polar surface area (TPSA) is 66.0 Å². The molecule has 2 aromatic carbocycles. The zero-order valence-corrected chi connectivity index (χ0v) is 10.6. The SMILES string of the molecule is [N-]=[N+]=CC(=O)[C@@]1(c2ccccc2)O[C@@H]1c1ccccc1. The van der Waals surface area contributed by atoms with E-state index in [1.54, 1.807) is 0 Å². The molecule has 0 radical (unpaired) electrons. The van der Waals surface area contributed by atoms with E-state index >= 15 is 0 Å². The molecule has 20 heavy (non-hydrogen) atoms. The van der Waals surface area contributed by atoms with Gasteiger partial charge in [-0.15, -0.1) is 0 Å². The van der Waals surface area contributed by atoms with Gasteiger partial charge in [0.05, 0.1) is 0 Å². The minimum Gasteiger partial charge on any atom is -0.361 e. The molecule has 0 aromatic heterocycles. The number of carbonyl (C=O) groups excluding carboxylic acids is 1. The zero-order chi connectivity index (χ0) is 14.0. The van der Waals surface area contributed by atoms with E-state index < -0.39 is 5.60 Å². The van der Waals surface area contributed by atoms with Gasteiger partial charge in [-0.3, -0.25) is 4.79 Å². The van der Waals surface area contributed by atoms with Crippen LogP contribution in [0.5, 0.6) is 0 Å². The lowest BCUT2D eigenvalue weighted by Gasteiger charge is -2.07. The molecule has 2 atom stereocenters. The quantitative estimate of drug-likeness (QED) is 0.368. The van der Waals surface area contributed by atoms with Crippen LogP contribution in [0.15, 0.2) is 60.7 Å². The lowest BCUT2D eigenvalue weighted by Crippen LogP contribution is -2.24. The number of nitrogens with zero attached hydrogens (tertiary/aromatic N) is 2. The molecule has 4 nitrogen and oxygen atoms in total. The third kappa shape index (κ3) is 1.88. The number of ether oxygens (including phenoxy) is 1. The van der Waals surface area contributed by atoms with E-state index in [0.29, 0.717) is 0 Å². The summed E-state index contributed by atoms with van der Waals surface area (Å²) in [6.45, 7) is 0. The number of carbonyl (C=O) groups is 1. The van der Waals surface area contributed by atoms with Crippen LogP contribution in [0.2, 0.25) is 0 Å². The number of rotatable bonds is 4. The van der Waals surface area contributed by atoms with Crippen LogP contribution in [0.3, 0.4) is 0 Å². The Morgan fingerprint density at radius 2 is 1.70 bits per heavy atom. The second-order valence-corrected chi connectivity index (χ2v) is 4.62. The average Bonchev–Trinajstić information content (AvgIpc) is 3.26. The van der Waals surface area contributed by atoms with Crippen LogP contribution in [0, 0.1) is 0 Å². The molecular formula is C16H12N2O2. The third-order valence-corrected chi connectivity index (χ3v) is 3.46. The second kappa shape index (κ2) is 4.85. The number of ketones is 1. The summed E-state index contributed by atoms with van der Waals surface area (Å²) in [4.78, 5) is 15.1. The molecule has 0 saturated carbocycles. The Hall–Kier alpha value is -2.55. The van der Waals surface area contributed by atoms with Crippen LogP contribution in [-0.4, -0.2) is 16.8 Å². The molecule has 2 aromatic rings. The molecule has 1 aliphatic rings. The minimum atomic E-state index is -1.07. The maximum Gasteiger partial charge on any atom is 0.326 e. The highest BCUT2D eigenvalue weighted by Crippen LogP contribution is 2.57. The van der Waals surface area contributed by atoms with Gasteiger partial charge in [0.15, 0.2) is 5.60 Å². The Bertz CT molecular complexity index is 678. The predicted molar refractivity (Wildman–Crippen MR) is 73.1 cm³/mol. The summed E-state index contributed by atoms with van der Waals surface area (Å²) in [5.41, 5.74) is 9.24. The van der Waals surface area contributed by atoms with Gasteiger partial charge in [0, 0.05) is 0 Å². The summed E-state index contributed by atoms with van der Waals surface area (Å²) in [5.74, 6) is -0.361. The van der Waals surface area contributed by atoms with Crippen molar-refractivity contribution in [1.82, 2.24) is 0 Å². The zero-order valence-electron chi connectivity index (χ0n) is 10.6. The fourth-order valence-electron chi connectivity index (χ4n) is 2.47. The number of epoxide rings is 1. The van der Waals surface area contributed by atoms with Gasteiger partial charge in [-0.05, 0) is 11.1 Å². The summed E-state index contributed by atoms with van der Waals surface area (Å²) in [5, 5.41) is 0. The highest BCUT2D eigenvalue weighted by Gasteiger charge is 2.64. The van der Waals surface area contributed by atoms with Crippen LogP contribution in [0.25, 0.3) is 5.53 Å². The van der Waals surface area contributed by atoms with E-state index in [-0.39, 0.29) is 11.9 Å². The average molecular weight is 264 g/mol. The van der Waals surface area contributed by atoms with Gasteiger partial charge in [-0.1, -0.05) is 60.7 Å². The standard InChI is InChI=1S/C16H12N2O2/c17-18-11-14(19)16(13-9-5-2-6-10-13)15(20-16)12-7-3-1-4-8-12/h1-11,15H/t15-,16-/m1/s1. The molecule has 0 amide bonds. The Balaban J connectivity index is 2.05. The molecule has 1 heterocycles. The fraction of sp³-hybridized carbons (Fsp3) is 0.125. The van der Waals surface area contributed by atoms with Crippen LogP contribution >= 0.6 is 0 Å². The maximum atomic E-state index is 12.3. The van der Waals surface area contributed by atoms with Crippen LogP contribution < -0.4 is 0 Å². The van der Waals surface area contributed by atoms with Crippen molar-refractivity contribution in [3.05, 3.63) is 77.3 Å². The van der Waals surface area contributed by atoms with Crippen molar-refractivity contribution in [3.8, 4) is 0 Å². The second-order valence-electron chi connectivity index (χ2n) is 4.62. The van der Waals surface area contributed by atoms with Gasteiger partial charge in [-0.25, -0.2) is 0 Å². The molecule has 0 spiro atoms. The Kier molecular flexibility index (Phi) is 3.03. The molecule has 0 N–H and O–H groups in total. The van der Waals surface area contributed by atoms with Crippen molar-refractivity contribution >= 4 is 12.0 Å². The van der Waals surface area contributed by atoms with E-state index in [1.165, 1.54) is 0 Å². The van der Waals surface area contributed by atoms with Crippen molar-refractivity contribution in [2.75, 3.05) is 0 Å². The van der Waals surface area contributed by atoms with Crippen LogP contribution in [0.1, 0.15) is 17.2 Å². The van der Waals surface area contributed by atoms with Gasteiger partial charge in [0.25, 0.3) is 5.78 Å². The molecule has 0 bridgehead atoms. The number of hydrogen-bond acceptors (Lipinski definition) is 2. The molecule has 1 fully saturated rings. The van der Waals surface area contributed by atoms with E-state index in [2.05, 4.69) is 4.79 Å². The van der Waals surface area contributed by atoms with Crippen molar-refractivity contribution in [1.29, 1.82) is 0 Å². The van der Waals surface area contributed by atoms with Crippen LogP contribution in [0.4, 0.5) is 0 Å². The third-order valence-electron chi connectivity index (χ3n) is 3.46. The summed E-state index contributed by atoms with van der Waals surface area (Å²) in [7, 11) is 0. The summed E-state index contributed by atoms with van der Waals surface area (Å²) in [6, 6.07) is 18.8. The van der Waals surface area contributed by atoms with Gasteiger partial charge < -0.3 is 10.3 Å². The van der Waals surface area contributed by atoms with Crippen molar-refractivity contribution in [2.45, 2.75) is 11.7 Å². The first-order valence-electron chi connectivity index (χ1n) is 6.29. The van der Waals surface area contributed by atoms with E-state index in [9.17, 15) is 4.79 Å². The molecule has 0 aliphatic carbocycles. The molecule has 4 heteroatoms. The summed E-state index contributed by atoms with van der Waals surface area (Å²) >= 11 is 0. The number of Topliss-reactive ketones (excluding diaryl/α,β-unsaturated/α-hetero) is 1. The van der Waals surface area contributed by atoms with Crippen molar-refractivity contribution < 1.29 is 14.3 Å². The predicted octanol–water partition coefficient (Wildman–Crippen LogP) is 2.52. The fourth-order valence-corrected chi connectivity index (χ4v) is 2.47. The van der Waals surface area contributed by atoms with Gasteiger partial charge in [0.2, 0.25) is 0 Å². The monoisotopic (exact) mass is 264 g/mol. The summed E-state index contributed by atoms with van der Waals surface area (Å²) < 4.78 is 5.74. The van der Waals surface area contributed by atoms with E-state index in [1.807, 2.05) is 60.7 Å². The summed E-state index contributed by atoms with van der Waals surface area (Å²) in [6.07, 6.45) is 0.548. The van der Waals surface area contributed by atoms with Gasteiger partial charge in [-0.2, -0.15) is 4.79 Å². The van der Waals surface area contributed by atoms with Crippen molar-refractivity contribution in [2.24, 2.45) is 0 Å². The Labute approximate surface area is 116 Å². The number of hydrogen-bond donors (Lipinski definition) is 0. The molecule has 1 aliphatic heterocycles. The molecular weight excluding hydrogens is 252 g/mol. The van der Waals surface area contributed by atoms with Crippen molar-refractivity contribution in [3.63, 3.8) is 0 Å². The van der Waals surface area contributed by atoms with Gasteiger partial charge >= 0.3 is 6.21 Å². The molecule has 1 saturated heterocycles. The largest absolute Gasteiger partial charge is 0.361 e. The first-order valence-corrected chi connectivity index (χ1v) is 6.29. The van der Waals surface area contributed by atoms with Gasteiger partial charge in [0.1, 0.15) is 6.10 Å². The van der Waals surface area contributed by atoms with Crippen LogP contribution in [-0.2, 0) is 15.1 Å². The highest BCUT2D eigenvalue weighted by atomic mass is 16.6. The highest BCUT2D eigenvalue weighted by molar-refractivity contribution is 6.30.